The number of ether oxygens (including phenoxy) is 3. The highest BCUT2D eigenvalue weighted by Crippen LogP contribution is 2.44. The number of morpholine rings is 1. The molecule has 3 N–H and O–H groups in total. The number of aryl methyl sites for hydroxylation is 2. The quantitative estimate of drug-likeness (QED) is 0.119. The van der Waals surface area contributed by atoms with E-state index in [4.69, 9.17) is 14.2 Å². The number of carboxylic acids is 1. The zero-order valence-electron chi connectivity index (χ0n) is 37.7. The number of aromatic nitrogens is 4. The number of nitrogens with zero attached hydrogens (tertiary/aromatic N) is 7. The topological polar surface area (TPSA) is 186 Å². The summed E-state index contributed by atoms with van der Waals surface area (Å²) in [6.07, 6.45) is 11.4. The van der Waals surface area contributed by atoms with E-state index < -0.39 is 5.97 Å². The Morgan fingerprint density at radius 3 is 1.77 bits per heavy atom. The fourth-order valence-corrected chi connectivity index (χ4v) is 12.1. The molecule has 0 unspecified atom stereocenters. The summed E-state index contributed by atoms with van der Waals surface area (Å²) in [5.74, 6) is 2.31. The largest absolute Gasteiger partial charge is 0.489 e. The lowest BCUT2D eigenvalue weighted by atomic mass is 9.86. The van der Waals surface area contributed by atoms with Gasteiger partial charge in [-0.3, -0.25) is 19.6 Å². The number of rotatable bonds is 10. The highest BCUT2D eigenvalue weighted by atomic mass is 32.1. The summed E-state index contributed by atoms with van der Waals surface area (Å²) in [5.41, 5.74) is 8.66. The van der Waals surface area contributed by atoms with Gasteiger partial charge in [0.1, 0.15) is 45.5 Å². The van der Waals surface area contributed by atoms with Crippen molar-refractivity contribution in [2.75, 3.05) is 30.4 Å². The molecule has 3 atom stereocenters. The fourth-order valence-electron chi connectivity index (χ4n) is 9.55. The van der Waals surface area contributed by atoms with Gasteiger partial charge in [-0.15, -0.1) is 22.7 Å². The van der Waals surface area contributed by atoms with Gasteiger partial charge in [0.05, 0.1) is 72.6 Å². The molecule has 17 heteroatoms. The minimum absolute atomic E-state index is 0.0116. The smallest absolute Gasteiger partial charge is 0.306 e. The lowest BCUT2D eigenvalue weighted by Crippen LogP contribution is -2.50. The average molecular weight is 928 g/mol. The minimum atomic E-state index is -0.724. The number of aliphatic imine (C=N–C) groups is 2. The van der Waals surface area contributed by atoms with Gasteiger partial charge in [0.25, 0.3) is 0 Å². The number of carbonyl (C=O) groups is 2. The van der Waals surface area contributed by atoms with Crippen molar-refractivity contribution in [3.05, 3.63) is 80.1 Å². The summed E-state index contributed by atoms with van der Waals surface area (Å²) in [4.78, 5) is 58.0. The first kappa shape index (κ1) is 43.8. The molecule has 2 aromatic carbocycles. The number of aliphatic carboxylic acids is 1. The fraction of sp³-hybridized carbons (Fsp3) is 0.429. The predicted octanol–water partition coefficient (Wildman–Crippen LogP) is 8.85. The normalized spacial score (nSPS) is 19.3. The maximum Gasteiger partial charge on any atom is 0.306 e. The molecule has 4 aromatic heterocycles. The Balaban J connectivity index is 0.000000158. The van der Waals surface area contributed by atoms with Crippen LogP contribution in [0.15, 0.2) is 46.9 Å². The highest BCUT2D eigenvalue weighted by Gasteiger charge is 2.35. The highest BCUT2D eigenvalue weighted by molar-refractivity contribution is 7.19. The molecule has 3 aliphatic heterocycles. The standard InChI is InChI=1S/C27H31N5O3S.C22H22N4O3S/c1-15(2)35-22-9-19-12-28-11-18(19)8-21(22)31-25-24-20-5-4-17(10-23(20)36-26(24)30-14-29-25)27(33)32-6-7-34-13-16(32)3;1-11(2)29-17-6-14-9-23-8-13(14)5-16(17)26-20-19-15-4-3-12(22(27)28)7-18(15)30-21(19)25-10-24-20/h8-9,11,14-17H,4-7,10,12-13H2,1-3H3,(H,29,30,31);5-6,8,10-12H,3-4,7,9H2,1-2H3,(H,27,28)(H,24,25,26)/t16-,17+;12-/m10/s1. The number of hydrogen-bond donors (Lipinski definition) is 3. The third kappa shape index (κ3) is 8.71. The molecular weight excluding hydrogens is 875 g/mol. The first-order valence-electron chi connectivity index (χ1n) is 22.8. The molecule has 0 saturated carbocycles. The Kier molecular flexibility index (Phi) is 12.2. The first-order chi connectivity index (χ1) is 32.0. The summed E-state index contributed by atoms with van der Waals surface area (Å²) in [6, 6.07) is 8.40. The number of fused-ring (bicyclic) bond motifs is 8. The Labute approximate surface area is 390 Å². The van der Waals surface area contributed by atoms with E-state index >= 15 is 0 Å². The SMILES string of the molecule is CC(C)Oc1cc2c(cc1Nc1ncnc3sc4c(c13)CC[C@H](C(=O)N1CCOC[C@H]1C)C4)C=NC2.CC(C)Oc1cc2c(cc1Nc1ncnc3sc4c(c13)CC[C@H](C(=O)O)C4)C=NC2. The Morgan fingerprint density at radius 1 is 0.758 bits per heavy atom. The van der Waals surface area contributed by atoms with Crippen LogP contribution in [-0.4, -0.2) is 92.3 Å². The zero-order chi connectivity index (χ0) is 45.6. The Bertz CT molecular complexity index is 2930. The molecule has 1 fully saturated rings. The van der Waals surface area contributed by atoms with E-state index in [1.54, 1.807) is 35.3 Å². The van der Waals surface area contributed by atoms with Crippen molar-refractivity contribution in [1.82, 2.24) is 24.8 Å². The number of hydrogen-bond acceptors (Lipinski definition) is 15. The Hall–Kier alpha value is -6.04. The molecule has 1 amide bonds. The maximum absolute atomic E-state index is 13.3. The van der Waals surface area contributed by atoms with Gasteiger partial charge in [0, 0.05) is 34.6 Å². The summed E-state index contributed by atoms with van der Waals surface area (Å²) in [5, 5.41) is 18.5. The van der Waals surface area contributed by atoms with E-state index in [9.17, 15) is 14.7 Å². The van der Waals surface area contributed by atoms with Gasteiger partial charge in [-0.1, -0.05) is 0 Å². The van der Waals surface area contributed by atoms with Gasteiger partial charge in [0.2, 0.25) is 5.91 Å². The summed E-state index contributed by atoms with van der Waals surface area (Å²) in [6.45, 7) is 13.4. The molecule has 2 aliphatic carbocycles. The third-order valence-electron chi connectivity index (χ3n) is 12.7. The molecule has 5 aliphatic rings. The third-order valence-corrected chi connectivity index (χ3v) is 15.1. The molecule has 1 saturated heterocycles. The zero-order valence-corrected chi connectivity index (χ0v) is 39.4. The average Bonchev–Trinajstić information content (AvgIpc) is 4.11. The molecule has 66 heavy (non-hydrogen) atoms. The van der Waals surface area contributed by atoms with E-state index in [1.807, 2.05) is 51.1 Å². The van der Waals surface area contributed by atoms with Crippen LogP contribution < -0.4 is 20.1 Å². The van der Waals surface area contributed by atoms with Crippen LogP contribution >= 0.6 is 22.7 Å². The van der Waals surface area contributed by atoms with Crippen molar-refractivity contribution in [2.45, 2.75) is 104 Å². The van der Waals surface area contributed by atoms with E-state index in [0.717, 1.165) is 102 Å². The van der Waals surface area contributed by atoms with Crippen molar-refractivity contribution < 1.29 is 28.9 Å². The van der Waals surface area contributed by atoms with Gasteiger partial charge in [0.15, 0.2) is 0 Å². The van der Waals surface area contributed by atoms with Gasteiger partial charge in [-0.2, -0.15) is 0 Å². The molecule has 11 rings (SSSR count). The summed E-state index contributed by atoms with van der Waals surface area (Å²) < 4.78 is 17.7. The minimum Gasteiger partial charge on any atom is -0.489 e. The van der Waals surface area contributed by atoms with Gasteiger partial charge in [-0.05, 0) is 131 Å². The van der Waals surface area contributed by atoms with Gasteiger partial charge >= 0.3 is 5.97 Å². The van der Waals surface area contributed by atoms with E-state index in [-0.39, 0.29) is 36.0 Å². The van der Waals surface area contributed by atoms with Crippen LogP contribution in [0.4, 0.5) is 23.0 Å². The monoisotopic (exact) mass is 927 g/mol. The van der Waals surface area contributed by atoms with Crippen molar-refractivity contribution in [3.63, 3.8) is 0 Å². The van der Waals surface area contributed by atoms with E-state index in [0.29, 0.717) is 45.7 Å². The van der Waals surface area contributed by atoms with Crippen molar-refractivity contribution in [2.24, 2.45) is 21.8 Å². The van der Waals surface area contributed by atoms with Crippen molar-refractivity contribution in [3.8, 4) is 11.5 Å². The van der Waals surface area contributed by atoms with E-state index in [2.05, 4.69) is 65.7 Å². The van der Waals surface area contributed by atoms with E-state index in [1.165, 1.54) is 21.6 Å². The number of nitrogens with one attached hydrogen (secondary N) is 2. The Morgan fingerprint density at radius 2 is 1.27 bits per heavy atom. The number of benzene rings is 2. The molecule has 0 bridgehead atoms. The molecule has 7 heterocycles. The second kappa shape index (κ2) is 18.3. The number of carboxylic acid groups (broad SMARTS) is 1. The summed E-state index contributed by atoms with van der Waals surface area (Å²) >= 11 is 3.26. The van der Waals surface area contributed by atoms with Crippen LogP contribution in [0.3, 0.4) is 0 Å². The van der Waals surface area contributed by atoms with Gasteiger partial charge < -0.3 is 34.9 Å². The van der Waals surface area contributed by atoms with Crippen molar-refractivity contribution >= 4 is 90.4 Å². The molecule has 0 radical (unpaired) electrons. The predicted molar refractivity (Wildman–Crippen MR) is 259 cm³/mol. The molecule has 342 valence electrons. The lowest BCUT2D eigenvalue weighted by Gasteiger charge is -2.36. The second-order valence-corrected chi connectivity index (χ2v) is 20.3. The van der Waals surface area contributed by atoms with Crippen LogP contribution in [0.1, 0.15) is 90.6 Å². The number of amides is 1. The molecule has 6 aromatic rings. The number of anilines is 4. The number of carbonyl (C=O) groups excluding carboxylic acids is 1. The maximum atomic E-state index is 13.3. The van der Waals surface area contributed by atoms with Crippen LogP contribution in [0.25, 0.3) is 20.4 Å². The molecule has 15 nitrogen and oxygen atoms in total. The molecule has 0 spiro atoms. The molecular formula is C49H53N9O6S2. The van der Waals surface area contributed by atoms with Crippen LogP contribution in [0, 0.1) is 11.8 Å². The van der Waals surface area contributed by atoms with Crippen molar-refractivity contribution in [1.29, 1.82) is 0 Å². The second-order valence-electron chi connectivity index (χ2n) is 18.1. The van der Waals surface area contributed by atoms with Gasteiger partial charge in [-0.25, -0.2) is 19.9 Å². The van der Waals surface area contributed by atoms with Crippen LogP contribution in [0.2, 0.25) is 0 Å². The lowest BCUT2D eigenvalue weighted by molar-refractivity contribution is -0.144. The number of thiophene rings is 2. The first-order valence-corrected chi connectivity index (χ1v) is 24.4. The summed E-state index contributed by atoms with van der Waals surface area (Å²) in [7, 11) is 0. The van der Waals surface area contributed by atoms with Crippen LogP contribution in [-0.2, 0) is 53.1 Å². The van der Waals surface area contributed by atoms with Crippen LogP contribution in [0.5, 0.6) is 11.5 Å².